The van der Waals surface area contributed by atoms with Gasteiger partial charge < -0.3 is 14.9 Å². The molecule has 4 rings (SSSR count). The number of β-amino-alcohol motifs (C(OH)–C–C–N with tert-alkyl or cyclic N) is 1. The summed E-state index contributed by atoms with van der Waals surface area (Å²) in [5, 5.41) is 20.4. The maximum atomic E-state index is 10.7. The molecule has 0 amide bonds. The van der Waals surface area contributed by atoms with Crippen molar-refractivity contribution in [3.05, 3.63) is 29.3 Å². The topological polar surface area (TPSA) is 56.2 Å². The maximum Gasteiger partial charge on any atom is 0.123 e. The molecule has 0 aliphatic carbocycles. The van der Waals surface area contributed by atoms with Crippen molar-refractivity contribution in [2.75, 3.05) is 26.2 Å². The number of hydrogen-bond acceptors (Lipinski definition) is 5. The summed E-state index contributed by atoms with van der Waals surface area (Å²) in [6, 6.07) is 6.77. The van der Waals surface area contributed by atoms with Crippen LogP contribution in [0.25, 0.3) is 0 Å². The van der Waals surface area contributed by atoms with Crippen molar-refractivity contribution >= 4 is 0 Å². The highest BCUT2D eigenvalue weighted by atomic mass is 16.5. The Bertz CT molecular complexity index is 640. The summed E-state index contributed by atoms with van der Waals surface area (Å²) >= 11 is 0. The summed E-state index contributed by atoms with van der Waals surface area (Å²) in [5.74, 6) is 1.02. The number of hydrogen-bond donors (Lipinski definition) is 2. The fourth-order valence-electron chi connectivity index (χ4n) is 4.79. The van der Waals surface area contributed by atoms with Crippen molar-refractivity contribution < 1.29 is 14.9 Å². The quantitative estimate of drug-likeness (QED) is 0.861. The zero-order valence-electron chi connectivity index (χ0n) is 16.0. The number of ether oxygens (including phenoxy) is 1. The van der Waals surface area contributed by atoms with E-state index in [0.29, 0.717) is 0 Å². The van der Waals surface area contributed by atoms with E-state index in [9.17, 15) is 10.2 Å². The van der Waals surface area contributed by atoms with Gasteiger partial charge in [-0.05, 0) is 50.3 Å². The van der Waals surface area contributed by atoms with E-state index in [1.54, 1.807) is 0 Å². The van der Waals surface area contributed by atoms with E-state index in [2.05, 4.69) is 41.8 Å². The molecule has 0 saturated carbocycles. The third-order valence-electron chi connectivity index (χ3n) is 6.13. The summed E-state index contributed by atoms with van der Waals surface area (Å²) in [7, 11) is 0. The number of nitrogens with zero attached hydrogens (tertiary/aromatic N) is 2. The molecule has 1 aromatic carbocycles. The average molecular weight is 360 g/mol. The van der Waals surface area contributed by atoms with Gasteiger partial charge in [-0.15, -0.1) is 0 Å². The standard InChI is InChI=1S/C21H32N2O3/c1-21(2)12-16-11-15(3-4-20(16)26-21)13-22-8-7-18(19(25)14-22)23-9-5-17(24)6-10-23/h3-4,11,17-19,24-25H,5-10,12-14H2,1-2H3/t18-,19-/m1/s1. The van der Waals surface area contributed by atoms with Gasteiger partial charge in [-0.3, -0.25) is 9.80 Å². The second-order valence-electron chi connectivity index (χ2n) is 8.91. The molecule has 0 bridgehead atoms. The fourth-order valence-corrected chi connectivity index (χ4v) is 4.79. The highest BCUT2D eigenvalue weighted by Crippen LogP contribution is 2.35. The summed E-state index contributed by atoms with van der Waals surface area (Å²) in [6.07, 6.45) is 3.16. The Morgan fingerprint density at radius 1 is 1.12 bits per heavy atom. The molecule has 2 saturated heterocycles. The molecule has 2 N–H and O–H groups in total. The van der Waals surface area contributed by atoms with Crippen LogP contribution in [0.3, 0.4) is 0 Å². The molecule has 0 unspecified atom stereocenters. The lowest BCUT2D eigenvalue weighted by molar-refractivity contribution is -0.0355. The van der Waals surface area contributed by atoms with Crippen LogP contribution in [0.5, 0.6) is 5.75 Å². The summed E-state index contributed by atoms with van der Waals surface area (Å²) in [6.45, 7) is 8.70. The van der Waals surface area contributed by atoms with Crippen molar-refractivity contribution in [3.63, 3.8) is 0 Å². The first-order chi connectivity index (χ1) is 12.4. The van der Waals surface area contributed by atoms with E-state index in [0.717, 1.165) is 64.2 Å². The van der Waals surface area contributed by atoms with Crippen LogP contribution in [0, 0.1) is 0 Å². The Morgan fingerprint density at radius 2 is 1.88 bits per heavy atom. The largest absolute Gasteiger partial charge is 0.487 e. The molecular weight excluding hydrogens is 328 g/mol. The van der Waals surface area contributed by atoms with Crippen LogP contribution in [-0.2, 0) is 13.0 Å². The minimum absolute atomic E-state index is 0.0997. The highest BCUT2D eigenvalue weighted by molar-refractivity contribution is 5.41. The Labute approximate surface area is 156 Å². The van der Waals surface area contributed by atoms with Gasteiger partial charge in [-0.1, -0.05) is 12.1 Å². The molecule has 5 nitrogen and oxygen atoms in total. The second kappa shape index (κ2) is 7.12. The number of fused-ring (bicyclic) bond motifs is 1. The Kier molecular flexibility index (Phi) is 4.99. The smallest absolute Gasteiger partial charge is 0.123 e. The minimum Gasteiger partial charge on any atom is -0.487 e. The van der Waals surface area contributed by atoms with E-state index in [1.807, 2.05) is 0 Å². The highest BCUT2D eigenvalue weighted by Gasteiger charge is 2.34. The lowest BCUT2D eigenvalue weighted by atomic mass is 9.96. The lowest BCUT2D eigenvalue weighted by Gasteiger charge is -2.43. The average Bonchev–Trinajstić information content (AvgIpc) is 2.89. The van der Waals surface area contributed by atoms with Gasteiger partial charge in [0, 0.05) is 45.2 Å². The molecule has 0 aromatic heterocycles. The molecule has 144 valence electrons. The van der Waals surface area contributed by atoms with Gasteiger partial charge in [0.15, 0.2) is 0 Å². The van der Waals surface area contributed by atoms with Gasteiger partial charge in [-0.25, -0.2) is 0 Å². The molecule has 3 aliphatic heterocycles. The fraction of sp³-hybridized carbons (Fsp3) is 0.714. The molecule has 2 fully saturated rings. The van der Waals surface area contributed by atoms with E-state index < -0.39 is 0 Å². The molecule has 3 heterocycles. The number of likely N-dealkylation sites (tertiary alicyclic amines) is 2. The molecule has 26 heavy (non-hydrogen) atoms. The first-order valence-corrected chi connectivity index (χ1v) is 10.0. The van der Waals surface area contributed by atoms with E-state index in [-0.39, 0.29) is 23.9 Å². The van der Waals surface area contributed by atoms with E-state index >= 15 is 0 Å². The van der Waals surface area contributed by atoms with Crippen molar-refractivity contribution in [2.45, 2.75) is 69.9 Å². The third-order valence-corrected chi connectivity index (χ3v) is 6.13. The molecule has 1 aromatic rings. The molecule has 0 spiro atoms. The third kappa shape index (κ3) is 3.91. The number of aliphatic hydroxyl groups is 2. The summed E-state index contributed by atoms with van der Waals surface area (Å²) in [4.78, 5) is 4.74. The van der Waals surface area contributed by atoms with Crippen molar-refractivity contribution in [1.29, 1.82) is 0 Å². The second-order valence-corrected chi connectivity index (χ2v) is 8.91. The molecular formula is C21H32N2O3. The van der Waals surface area contributed by atoms with Gasteiger partial charge in [0.2, 0.25) is 0 Å². The lowest BCUT2D eigenvalue weighted by Crippen LogP contribution is -2.55. The molecule has 3 aliphatic rings. The molecule has 5 heteroatoms. The zero-order valence-corrected chi connectivity index (χ0v) is 16.0. The predicted molar refractivity (Wildman–Crippen MR) is 101 cm³/mol. The van der Waals surface area contributed by atoms with Crippen molar-refractivity contribution in [1.82, 2.24) is 9.80 Å². The van der Waals surface area contributed by atoms with Crippen LogP contribution in [0.2, 0.25) is 0 Å². The van der Waals surface area contributed by atoms with Crippen LogP contribution < -0.4 is 4.74 Å². The summed E-state index contributed by atoms with van der Waals surface area (Å²) in [5.41, 5.74) is 2.50. The van der Waals surface area contributed by atoms with Crippen molar-refractivity contribution in [2.24, 2.45) is 0 Å². The van der Waals surface area contributed by atoms with E-state index in [1.165, 1.54) is 11.1 Å². The monoisotopic (exact) mass is 360 g/mol. The van der Waals surface area contributed by atoms with Crippen LogP contribution >= 0.6 is 0 Å². The zero-order chi connectivity index (χ0) is 18.3. The Hall–Kier alpha value is -1.14. The Balaban J connectivity index is 1.34. The van der Waals surface area contributed by atoms with Crippen LogP contribution in [0.1, 0.15) is 44.2 Å². The summed E-state index contributed by atoms with van der Waals surface area (Å²) < 4.78 is 5.97. The maximum absolute atomic E-state index is 10.7. The number of rotatable bonds is 3. The van der Waals surface area contributed by atoms with Crippen LogP contribution in [-0.4, -0.2) is 70.0 Å². The van der Waals surface area contributed by atoms with Gasteiger partial charge in [0.25, 0.3) is 0 Å². The van der Waals surface area contributed by atoms with E-state index in [4.69, 9.17) is 4.74 Å². The van der Waals surface area contributed by atoms with Crippen LogP contribution in [0.15, 0.2) is 18.2 Å². The van der Waals surface area contributed by atoms with Crippen LogP contribution in [0.4, 0.5) is 0 Å². The molecule has 0 radical (unpaired) electrons. The van der Waals surface area contributed by atoms with Crippen molar-refractivity contribution in [3.8, 4) is 5.75 Å². The predicted octanol–water partition coefficient (Wildman–Crippen LogP) is 1.79. The first kappa shape index (κ1) is 18.2. The van der Waals surface area contributed by atoms with Gasteiger partial charge in [-0.2, -0.15) is 0 Å². The number of aliphatic hydroxyl groups excluding tert-OH is 2. The number of piperidine rings is 2. The SMILES string of the molecule is CC1(C)Cc2cc(CN3CC[C@@H](N4CCC(O)CC4)[C@H](O)C3)ccc2O1. The van der Waals surface area contributed by atoms with Gasteiger partial charge in [0.1, 0.15) is 11.4 Å². The van der Waals surface area contributed by atoms with Gasteiger partial charge >= 0.3 is 0 Å². The van der Waals surface area contributed by atoms with Gasteiger partial charge in [0.05, 0.1) is 12.2 Å². The first-order valence-electron chi connectivity index (χ1n) is 10.0. The normalized spacial score (nSPS) is 30.2. The minimum atomic E-state index is -0.310. The molecule has 2 atom stereocenters. The number of benzene rings is 1. The Morgan fingerprint density at radius 3 is 2.62 bits per heavy atom.